The van der Waals surface area contributed by atoms with E-state index in [1.807, 2.05) is 25.1 Å². The minimum atomic E-state index is -0.163. The first-order valence-electron chi connectivity index (χ1n) is 7.02. The molecule has 0 bridgehead atoms. The molecule has 0 aliphatic rings. The molecule has 6 nitrogen and oxygen atoms in total. The number of amides is 1. The molecule has 0 atom stereocenters. The molecule has 21 heavy (non-hydrogen) atoms. The Morgan fingerprint density at radius 1 is 1.33 bits per heavy atom. The summed E-state index contributed by atoms with van der Waals surface area (Å²) in [6.45, 7) is 6.87. The Kier molecular flexibility index (Phi) is 4.92. The van der Waals surface area contributed by atoms with E-state index in [4.69, 9.17) is 4.52 Å². The van der Waals surface area contributed by atoms with Crippen LogP contribution in [0.15, 0.2) is 22.7 Å². The lowest BCUT2D eigenvalue weighted by molar-refractivity contribution is 0.0947. The van der Waals surface area contributed by atoms with Crippen LogP contribution in [0, 0.1) is 13.8 Å². The van der Waals surface area contributed by atoms with Crippen LogP contribution in [-0.4, -0.2) is 22.6 Å². The normalized spacial score (nSPS) is 10.4. The van der Waals surface area contributed by atoms with E-state index < -0.39 is 0 Å². The fourth-order valence-corrected chi connectivity index (χ4v) is 1.92. The van der Waals surface area contributed by atoms with Gasteiger partial charge in [-0.3, -0.25) is 4.79 Å². The molecule has 0 spiro atoms. The van der Waals surface area contributed by atoms with Crippen LogP contribution in [0.25, 0.3) is 0 Å². The molecule has 1 heterocycles. The molecule has 1 aromatic carbocycles. The minimum Gasteiger partial charge on any atom is -0.384 e. The molecule has 1 aromatic heterocycles. The van der Waals surface area contributed by atoms with E-state index in [1.165, 1.54) is 0 Å². The zero-order chi connectivity index (χ0) is 15.2. The van der Waals surface area contributed by atoms with Crippen LogP contribution in [0.5, 0.6) is 0 Å². The Morgan fingerprint density at radius 2 is 2.14 bits per heavy atom. The van der Waals surface area contributed by atoms with Gasteiger partial charge in [0.2, 0.25) is 5.89 Å². The Hall–Kier alpha value is -2.37. The summed E-state index contributed by atoms with van der Waals surface area (Å²) in [4.78, 5) is 16.3. The third-order valence-electron chi connectivity index (χ3n) is 2.95. The summed E-state index contributed by atoms with van der Waals surface area (Å²) >= 11 is 0. The summed E-state index contributed by atoms with van der Waals surface area (Å²) in [5.74, 6) is 0.792. The van der Waals surface area contributed by atoms with Gasteiger partial charge >= 0.3 is 0 Å². The summed E-state index contributed by atoms with van der Waals surface area (Å²) in [6.07, 6.45) is 0.996. The second-order valence-electron chi connectivity index (χ2n) is 4.89. The summed E-state index contributed by atoms with van der Waals surface area (Å²) in [7, 11) is 0. The van der Waals surface area contributed by atoms with E-state index in [0.29, 0.717) is 17.3 Å². The number of carbonyl (C=O) groups is 1. The van der Waals surface area contributed by atoms with Gasteiger partial charge in [-0.25, -0.2) is 0 Å². The predicted octanol–water partition coefficient (Wildman–Crippen LogP) is 2.44. The van der Waals surface area contributed by atoms with Gasteiger partial charge in [0.1, 0.15) is 0 Å². The maximum atomic E-state index is 12.3. The molecule has 6 heteroatoms. The smallest absolute Gasteiger partial charge is 0.253 e. The highest BCUT2D eigenvalue weighted by molar-refractivity contribution is 5.99. The third-order valence-corrected chi connectivity index (χ3v) is 2.95. The van der Waals surface area contributed by atoms with Crippen LogP contribution in [0.1, 0.15) is 41.0 Å². The van der Waals surface area contributed by atoms with Gasteiger partial charge in [-0.15, -0.1) is 0 Å². The summed E-state index contributed by atoms with van der Waals surface area (Å²) in [5, 5.41) is 9.75. The van der Waals surface area contributed by atoms with E-state index in [2.05, 4.69) is 27.7 Å². The monoisotopic (exact) mass is 288 g/mol. The van der Waals surface area contributed by atoms with Crippen LogP contribution >= 0.6 is 0 Å². The van der Waals surface area contributed by atoms with Gasteiger partial charge in [0.15, 0.2) is 5.82 Å². The third kappa shape index (κ3) is 4.05. The van der Waals surface area contributed by atoms with Crippen LogP contribution in [0.3, 0.4) is 0 Å². The van der Waals surface area contributed by atoms with Gasteiger partial charge in [0.25, 0.3) is 5.91 Å². The molecular weight excluding hydrogens is 268 g/mol. The molecule has 0 saturated heterocycles. The number of aryl methyl sites for hydroxylation is 2. The highest BCUT2D eigenvalue weighted by atomic mass is 16.5. The topological polar surface area (TPSA) is 80.0 Å². The molecule has 0 radical (unpaired) electrons. The maximum absolute atomic E-state index is 12.3. The van der Waals surface area contributed by atoms with Gasteiger partial charge in [-0.05, 0) is 38.0 Å². The minimum absolute atomic E-state index is 0.163. The van der Waals surface area contributed by atoms with Gasteiger partial charge in [0, 0.05) is 12.2 Å². The second kappa shape index (κ2) is 6.88. The molecular formula is C15H20N4O2. The largest absolute Gasteiger partial charge is 0.384 e. The zero-order valence-corrected chi connectivity index (χ0v) is 12.6. The highest BCUT2D eigenvalue weighted by Crippen LogP contribution is 2.17. The molecule has 0 aliphatic heterocycles. The van der Waals surface area contributed by atoms with Crippen molar-refractivity contribution >= 4 is 11.6 Å². The van der Waals surface area contributed by atoms with Crippen molar-refractivity contribution < 1.29 is 9.32 Å². The van der Waals surface area contributed by atoms with Crippen molar-refractivity contribution in [1.82, 2.24) is 15.5 Å². The maximum Gasteiger partial charge on any atom is 0.253 e. The van der Waals surface area contributed by atoms with E-state index in [1.54, 1.807) is 6.92 Å². The number of rotatable bonds is 6. The van der Waals surface area contributed by atoms with Crippen molar-refractivity contribution in [3.8, 4) is 0 Å². The highest BCUT2D eigenvalue weighted by Gasteiger charge is 2.12. The van der Waals surface area contributed by atoms with Gasteiger partial charge in [-0.2, -0.15) is 4.98 Å². The first kappa shape index (κ1) is 15.0. The number of nitrogens with zero attached hydrogens (tertiary/aromatic N) is 2. The number of hydrogen-bond donors (Lipinski definition) is 2. The predicted molar refractivity (Wildman–Crippen MR) is 80.2 cm³/mol. The Bertz CT molecular complexity index is 622. The Labute approximate surface area is 123 Å². The molecule has 0 unspecified atom stereocenters. The van der Waals surface area contributed by atoms with Crippen LogP contribution < -0.4 is 10.6 Å². The van der Waals surface area contributed by atoms with Crippen LogP contribution in [0.2, 0.25) is 0 Å². The van der Waals surface area contributed by atoms with Gasteiger partial charge < -0.3 is 15.2 Å². The fourth-order valence-electron chi connectivity index (χ4n) is 1.92. The van der Waals surface area contributed by atoms with Gasteiger partial charge in [0.05, 0.1) is 12.1 Å². The lowest BCUT2D eigenvalue weighted by Gasteiger charge is -2.12. The lowest BCUT2D eigenvalue weighted by Crippen LogP contribution is -2.24. The first-order valence-corrected chi connectivity index (χ1v) is 7.02. The summed E-state index contributed by atoms with van der Waals surface area (Å²) in [6, 6.07) is 5.71. The molecule has 2 aromatic rings. The van der Waals surface area contributed by atoms with E-state index in [-0.39, 0.29) is 12.5 Å². The molecule has 1 amide bonds. The van der Waals surface area contributed by atoms with Crippen molar-refractivity contribution in [1.29, 1.82) is 0 Å². The number of carbonyl (C=O) groups excluding carboxylic acids is 1. The zero-order valence-electron chi connectivity index (χ0n) is 12.6. The van der Waals surface area contributed by atoms with Crippen LogP contribution in [-0.2, 0) is 6.54 Å². The average Bonchev–Trinajstić information content (AvgIpc) is 2.88. The van der Waals surface area contributed by atoms with Crippen molar-refractivity contribution in [3.63, 3.8) is 0 Å². The quantitative estimate of drug-likeness (QED) is 0.853. The van der Waals surface area contributed by atoms with E-state index in [0.717, 1.165) is 24.2 Å². The Balaban J connectivity index is 2.07. The standard InChI is InChI=1S/C15H20N4O2/c1-4-7-16-13-8-10(2)5-6-12(13)15(20)17-9-14-18-11(3)19-21-14/h5-6,8,16H,4,7,9H2,1-3H3,(H,17,20). The molecule has 2 N–H and O–H groups in total. The van der Waals surface area contributed by atoms with E-state index in [9.17, 15) is 4.79 Å². The van der Waals surface area contributed by atoms with E-state index >= 15 is 0 Å². The number of hydrogen-bond acceptors (Lipinski definition) is 5. The van der Waals surface area contributed by atoms with Crippen molar-refractivity contribution in [2.75, 3.05) is 11.9 Å². The van der Waals surface area contributed by atoms with Crippen molar-refractivity contribution in [2.45, 2.75) is 33.7 Å². The molecule has 0 fully saturated rings. The fraction of sp³-hybridized carbons (Fsp3) is 0.400. The first-order chi connectivity index (χ1) is 10.1. The SMILES string of the molecule is CCCNc1cc(C)ccc1C(=O)NCc1nc(C)no1. The molecule has 0 aliphatic carbocycles. The summed E-state index contributed by atoms with van der Waals surface area (Å²) < 4.78 is 4.97. The average molecular weight is 288 g/mol. The number of benzene rings is 1. The lowest BCUT2D eigenvalue weighted by atomic mass is 10.1. The number of aromatic nitrogens is 2. The van der Waals surface area contributed by atoms with Crippen molar-refractivity contribution in [2.24, 2.45) is 0 Å². The molecule has 2 rings (SSSR count). The number of nitrogens with one attached hydrogen (secondary N) is 2. The van der Waals surface area contributed by atoms with Crippen LogP contribution in [0.4, 0.5) is 5.69 Å². The van der Waals surface area contributed by atoms with Crippen molar-refractivity contribution in [3.05, 3.63) is 41.0 Å². The molecule has 112 valence electrons. The Morgan fingerprint density at radius 3 is 2.81 bits per heavy atom. The van der Waals surface area contributed by atoms with Gasteiger partial charge in [-0.1, -0.05) is 18.1 Å². The summed E-state index contributed by atoms with van der Waals surface area (Å²) in [5.41, 5.74) is 2.57. The second-order valence-corrected chi connectivity index (χ2v) is 4.89. The molecule has 0 saturated carbocycles. The number of anilines is 1.